The van der Waals surface area contributed by atoms with Crippen LogP contribution in [0.4, 0.5) is 4.79 Å². The van der Waals surface area contributed by atoms with E-state index in [2.05, 4.69) is 22.9 Å². The number of hydrogen-bond acceptors (Lipinski definition) is 3. The molecule has 1 aromatic rings. The number of benzene rings is 1. The molecule has 0 unspecified atom stereocenters. The third kappa shape index (κ3) is 8.81. The van der Waals surface area contributed by atoms with Crippen LogP contribution in [-0.4, -0.2) is 31.6 Å². The first kappa shape index (κ1) is 17.2. The van der Waals surface area contributed by atoms with Crippen LogP contribution >= 0.6 is 0 Å². The van der Waals surface area contributed by atoms with Crippen molar-refractivity contribution in [1.29, 1.82) is 0 Å². The van der Waals surface area contributed by atoms with Crippen molar-refractivity contribution in [1.82, 2.24) is 16.0 Å². The Labute approximate surface area is 126 Å². The molecular formula is C16H25N3O2. The van der Waals surface area contributed by atoms with E-state index in [4.69, 9.17) is 0 Å². The first-order chi connectivity index (χ1) is 10.2. The van der Waals surface area contributed by atoms with Crippen LogP contribution < -0.4 is 16.0 Å². The van der Waals surface area contributed by atoms with Gasteiger partial charge in [0.1, 0.15) is 0 Å². The molecule has 1 aromatic carbocycles. The molecule has 0 aliphatic rings. The number of unbranched alkanes of at least 4 members (excludes halogenated alkanes) is 2. The lowest BCUT2D eigenvalue weighted by atomic mass is 10.1. The van der Waals surface area contributed by atoms with Gasteiger partial charge >= 0.3 is 6.03 Å². The molecule has 0 spiro atoms. The maximum absolute atomic E-state index is 11.5. The second-order valence-corrected chi connectivity index (χ2v) is 4.92. The van der Waals surface area contributed by atoms with Crippen LogP contribution in [0, 0.1) is 0 Å². The third-order valence-electron chi connectivity index (χ3n) is 3.04. The molecule has 0 radical (unpaired) electrons. The molecule has 21 heavy (non-hydrogen) atoms. The van der Waals surface area contributed by atoms with Gasteiger partial charge in [-0.3, -0.25) is 10.1 Å². The molecule has 0 bridgehead atoms. The molecule has 0 heterocycles. The smallest absolute Gasteiger partial charge is 0.321 e. The van der Waals surface area contributed by atoms with Crippen LogP contribution in [0.1, 0.15) is 31.7 Å². The van der Waals surface area contributed by atoms with Gasteiger partial charge in [0, 0.05) is 6.54 Å². The summed E-state index contributed by atoms with van der Waals surface area (Å²) < 4.78 is 0. The summed E-state index contributed by atoms with van der Waals surface area (Å²) in [6.45, 7) is 3.56. The molecule has 0 saturated carbocycles. The molecule has 0 aliphatic heterocycles. The standard InChI is InChI=1S/C16H25N3O2/c1-2-3-7-11-18-16(21)19-15(20)13-17-12-10-14-8-5-4-6-9-14/h4-6,8-9,17H,2-3,7,10-13H2,1H3,(H2,18,19,20,21). The van der Waals surface area contributed by atoms with Crippen molar-refractivity contribution in [3.05, 3.63) is 35.9 Å². The third-order valence-corrected chi connectivity index (χ3v) is 3.04. The molecule has 0 fully saturated rings. The second kappa shape index (κ2) is 10.9. The Kier molecular flexibility index (Phi) is 8.88. The summed E-state index contributed by atoms with van der Waals surface area (Å²) in [4.78, 5) is 22.9. The fraction of sp³-hybridized carbons (Fsp3) is 0.500. The molecule has 116 valence electrons. The van der Waals surface area contributed by atoms with E-state index in [9.17, 15) is 9.59 Å². The number of nitrogens with one attached hydrogen (secondary N) is 3. The minimum absolute atomic E-state index is 0.148. The van der Waals surface area contributed by atoms with Crippen molar-refractivity contribution in [2.45, 2.75) is 32.6 Å². The van der Waals surface area contributed by atoms with Crippen LogP contribution in [-0.2, 0) is 11.2 Å². The average Bonchev–Trinajstić information content (AvgIpc) is 2.49. The maximum atomic E-state index is 11.5. The highest BCUT2D eigenvalue weighted by Crippen LogP contribution is 1.97. The van der Waals surface area contributed by atoms with Crippen molar-refractivity contribution in [3.8, 4) is 0 Å². The number of hydrogen-bond donors (Lipinski definition) is 3. The highest BCUT2D eigenvalue weighted by molar-refractivity contribution is 5.95. The Morgan fingerprint density at radius 2 is 1.81 bits per heavy atom. The first-order valence-corrected chi connectivity index (χ1v) is 7.54. The molecule has 0 aliphatic carbocycles. The molecule has 0 saturated heterocycles. The Bertz CT molecular complexity index is 421. The number of carbonyl (C=O) groups excluding carboxylic acids is 2. The second-order valence-electron chi connectivity index (χ2n) is 4.92. The molecule has 0 aromatic heterocycles. The van der Waals surface area contributed by atoms with E-state index >= 15 is 0 Å². The minimum atomic E-state index is -0.416. The van der Waals surface area contributed by atoms with Gasteiger partial charge in [0.25, 0.3) is 0 Å². The van der Waals surface area contributed by atoms with E-state index in [0.29, 0.717) is 13.1 Å². The van der Waals surface area contributed by atoms with Crippen LogP contribution in [0.2, 0.25) is 0 Å². The number of amides is 3. The zero-order chi connectivity index (χ0) is 15.3. The Morgan fingerprint density at radius 3 is 2.52 bits per heavy atom. The van der Waals surface area contributed by atoms with Crippen LogP contribution in [0.3, 0.4) is 0 Å². The Balaban J connectivity index is 2.04. The number of urea groups is 1. The highest BCUT2D eigenvalue weighted by atomic mass is 16.2. The Hall–Kier alpha value is -1.88. The van der Waals surface area contributed by atoms with Gasteiger partial charge in [-0.2, -0.15) is 0 Å². The lowest BCUT2D eigenvalue weighted by Gasteiger charge is -2.07. The number of carbonyl (C=O) groups is 2. The SMILES string of the molecule is CCCCCNC(=O)NC(=O)CNCCc1ccccc1. The zero-order valence-corrected chi connectivity index (χ0v) is 12.7. The van der Waals surface area contributed by atoms with Gasteiger partial charge in [0.05, 0.1) is 6.54 Å². The van der Waals surface area contributed by atoms with E-state index in [1.807, 2.05) is 30.3 Å². The molecule has 3 N–H and O–H groups in total. The molecule has 0 atom stereocenters. The van der Waals surface area contributed by atoms with E-state index in [0.717, 1.165) is 25.7 Å². The topological polar surface area (TPSA) is 70.2 Å². The Morgan fingerprint density at radius 1 is 1.05 bits per heavy atom. The summed E-state index contributed by atoms with van der Waals surface area (Å²) >= 11 is 0. The predicted octanol–water partition coefficient (Wildman–Crippen LogP) is 1.83. The van der Waals surface area contributed by atoms with Crippen molar-refractivity contribution < 1.29 is 9.59 Å². The molecule has 1 rings (SSSR count). The molecular weight excluding hydrogens is 266 g/mol. The van der Waals surface area contributed by atoms with Crippen LogP contribution in [0.15, 0.2) is 30.3 Å². The van der Waals surface area contributed by atoms with E-state index in [1.54, 1.807) is 0 Å². The van der Waals surface area contributed by atoms with Crippen molar-refractivity contribution in [2.24, 2.45) is 0 Å². The highest BCUT2D eigenvalue weighted by Gasteiger charge is 2.05. The maximum Gasteiger partial charge on any atom is 0.321 e. The van der Waals surface area contributed by atoms with Crippen molar-refractivity contribution >= 4 is 11.9 Å². The summed E-state index contributed by atoms with van der Waals surface area (Å²) in [6.07, 6.45) is 3.98. The summed E-state index contributed by atoms with van der Waals surface area (Å²) in [7, 11) is 0. The summed E-state index contributed by atoms with van der Waals surface area (Å²) in [5, 5.41) is 7.99. The van der Waals surface area contributed by atoms with Gasteiger partial charge in [-0.1, -0.05) is 50.1 Å². The van der Waals surface area contributed by atoms with Gasteiger partial charge in [-0.15, -0.1) is 0 Å². The van der Waals surface area contributed by atoms with Crippen LogP contribution in [0.5, 0.6) is 0 Å². The van der Waals surface area contributed by atoms with Gasteiger partial charge in [0.2, 0.25) is 5.91 Å². The largest absolute Gasteiger partial charge is 0.338 e. The van der Waals surface area contributed by atoms with Gasteiger partial charge in [-0.25, -0.2) is 4.79 Å². The zero-order valence-electron chi connectivity index (χ0n) is 12.7. The average molecular weight is 291 g/mol. The fourth-order valence-electron chi connectivity index (χ4n) is 1.87. The lowest BCUT2D eigenvalue weighted by Crippen LogP contribution is -2.43. The summed E-state index contributed by atoms with van der Waals surface area (Å²) in [6, 6.07) is 9.64. The normalized spacial score (nSPS) is 10.1. The van der Waals surface area contributed by atoms with Gasteiger partial charge < -0.3 is 10.6 Å². The summed E-state index contributed by atoms with van der Waals surface area (Å²) in [5.74, 6) is -0.309. The predicted molar refractivity (Wildman–Crippen MR) is 84.1 cm³/mol. The van der Waals surface area contributed by atoms with Crippen molar-refractivity contribution in [3.63, 3.8) is 0 Å². The summed E-state index contributed by atoms with van der Waals surface area (Å²) in [5.41, 5.74) is 1.22. The molecule has 5 heteroatoms. The monoisotopic (exact) mass is 291 g/mol. The number of imide groups is 1. The lowest BCUT2D eigenvalue weighted by molar-refractivity contribution is -0.119. The first-order valence-electron chi connectivity index (χ1n) is 7.54. The quantitative estimate of drug-likeness (QED) is 0.608. The van der Waals surface area contributed by atoms with E-state index in [1.165, 1.54) is 5.56 Å². The van der Waals surface area contributed by atoms with Gasteiger partial charge in [-0.05, 0) is 24.9 Å². The molecule has 5 nitrogen and oxygen atoms in total. The fourth-order valence-corrected chi connectivity index (χ4v) is 1.87. The van der Waals surface area contributed by atoms with Crippen LogP contribution in [0.25, 0.3) is 0 Å². The van der Waals surface area contributed by atoms with Crippen molar-refractivity contribution in [2.75, 3.05) is 19.6 Å². The van der Waals surface area contributed by atoms with E-state index in [-0.39, 0.29) is 12.5 Å². The number of rotatable bonds is 9. The van der Waals surface area contributed by atoms with E-state index < -0.39 is 6.03 Å². The molecule has 3 amide bonds. The van der Waals surface area contributed by atoms with Gasteiger partial charge in [0.15, 0.2) is 0 Å². The minimum Gasteiger partial charge on any atom is -0.338 e.